The number of amides is 1. The Labute approximate surface area is 162 Å². The Morgan fingerprint density at radius 2 is 1.59 bits per heavy atom. The molecule has 1 N–H and O–H groups in total. The van der Waals surface area contributed by atoms with Crippen molar-refractivity contribution in [2.24, 2.45) is 0 Å². The van der Waals surface area contributed by atoms with E-state index in [0.29, 0.717) is 27.7 Å². The molecule has 0 aliphatic carbocycles. The van der Waals surface area contributed by atoms with Gasteiger partial charge in [0.1, 0.15) is 0 Å². The van der Waals surface area contributed by atoms with E-state index < -0.39 is 0 Å². The van der Waals surface area contributed by atoms with Gasteiger partial charge in [-0.05, 0) is 43.4 Å². The van der Waals surface area contributed by atoms with Crippen molar-refractivity contribution >= 4 is 40.0 Å². The van der Waals surface area contributed by atoms with Crippen molar-refractivity contribution in [3.63, 3.8) is 0 Å². The van der Waals surface area contributed by atoms with E-state index in [1.165, 1.54) is 0 Å². The predicted octanol–water partition coefficient (Wildman–Crippen LogP) is 3.29. The molecule has 0 spiro atoms. The topological polar surface area (TPSA) is 61.4 Å². The van der Waals surface area contributed by atoms with Crippen LogP contribution in [0.5, 0.6) is 0 Å². The predicted molar refractivity (Wildman–Crippen MR) is 109 cm³/mol. The second-order valence-electron chi connectivity index (χ2n) is 6.64. The summed E-state index contributed by atoms with van der Waals surface area (Å²) >= 11 is 5.92. The zero-order valence-electron chi connectivity index (χ0n) is 15.0. The summed E-state index contributed by atoms with van der Waals surface area (Å²) in [7, 11) is 2.09. The molecular weight excluding hydrogens is 362 g/mol. The molecule has 0 radical (unpaired) electrons. The number of piperazine rings is 1. The average Bonchev–Trinajstić information content (AvgIpc) is 2.69. The molecule has 6 nitrogen and oxygen atoms in total. The van der Waals surface area contributed by atoms with Crippen LogP contribution in [0.3, 0.4) is 0 Å². The number of aromatic nitrogens is 2. The summed E-state index contributed by atoms with van der Waals surface area (Å²) in [5, 5.41) is 3.52. The Morgan fingerprint density at radius 3 is 2.26 bits per heavy atom. The first-order valence-corrected chi connectivity index (χ1v) is 9.25. The lowest BCUT2D eigenvalue weighted by molar-refractivity contribution is 0.102. The number of rotatable bonds is 3. The number of carbonyl (C=O) groups excluding carboxylic acids is 1. The minimum atomic E-state index is -0.274. The third-order valence-corrected chi connectivity index (χ3v) is 4.92. The molecule has 1 amide bonds. The molecular formula is C20H20ClN5O. The van der Waals surface area contributed by atoms with Crippen LogP contribution in [-0.4, -0.2) is 54.0 Å². The number of nitrogens with zero attached hydrogens (tertiary/aromatic N) is 4. The highest BCUT2D eigenvalue weighted by molar-refractivity contribution is 6.30. The fourth-order valence-corrected chi connectivity index (χ4v) is 3.23. The van der Waals surface area contributed by atoms with Crippen LogP contribution in [-0.2, 0) is 0 Å². The van der Waals surface area contributed by atoms with Crippen molar-refractivity contribution in [1.82, 2.24) is 14.9 Å². The van der Waals surface area contributed by atoms with Gasteiger partial charge in [-0.15, -0.1) is 0 Å². The molecule has 0 bridgehead atoms. The highest BCUT2D eigenvalue weighted by Crippen LogP contribution is 2.23. The van der Waals surface area contributed by atoms with Crippen molar-refractivity contribution in [3.05, 3.63) is 59.2 Å². The maximum absolute atomic E-state index is 13.0. The molecule has 1 saturated heterocycles. The molecule has 3 aromatic rings. The molecule has 1 aromatic heterocycles. The van der Waals surface area contributed by atoms with Crippen molar-refractivity contribution in [2.45, 2.75) is 0 Å². The highest BCUT2D eigenvalue weighted by atomic mass is 35.5. The second-order valence-corrected chi connectivity index (χ2v) is 7.07. The summed E-state index contributed by atoms with van der Waals surface area (Å²) in [6, 6.07) is 14.6. The minimum absolute atomic E-state index is 0.274. The average molecular weight is 382 g/mol. The van der Waals surface area contributed by atoms with Crippen LogP contribution in [0.25, 0.3) is 11.0 Å². The third-order valence-electron chi connectivity index (χ3n) is 4.67. The molecule has 0 saturated carbocycles. The fraction of sp³-hybridized carbons (Fsp3) is 0.250. The maximum atomic E-state index is 13.0. The third kappa shape index (κ3) is 3.86. The summed E-state index contributed by atoms with van der Waals surface area (Å²) in [5.41, 5.74) is 2.50. The van der Waals surface area contributed by atoms with Crippen LogP contribution in [0.2, 0.25) is 5.02 Å². The van der Waals surface area contributed by atoms with Gasteiger partial charge in [0, 0.05) is 36.9 Å². The van der Waals surface area contributed by atoms with Crippen LogP contribution >= 0.6 is 11.6 Å². The molecule has 1 aliphatic rings. The SMILES string of the molecule is CN1CCN(c2nc3ccccc3nc2C(=O)Nc2ccc(Cl)cc2)CC1. The van der Waals surface area contributed by atoms with E-state index in [9.17, 15) is 4.79 Å². The number of anilines is 2. The number of benzene rings is 2. The summed E-state index contributed by atoms with van der Waals surface area (Å²) < 4.78 is 0. The second kappa shape index (κ2) is 7.50. The van der Waals surface area contributed by atoms with Gasteiger partial charge in [-0.1, -0.05) is 23.7 Å². The van der Waals surface area contributed by atoms with E-state index in [4.69, 9.17) is 16.6 Å². The first-order chi connectivity index (χ1) is 13.1. The number of halogens is 1. The fourth-order valence-electron chi connectivity index (χ4n) is 3.11. The van der Waals surface area contributed by atoms with E-state index in [-0.39, 0.29) is 5.91 Å². The van der Waals surface area contributed by atoms with Crippen LogP contribution in [0.15, 0.2) is 48.5 Å². The molecule has 0 atom stereocenters. The lowest BCUT2D eigenvalue weighted by Crippen LogP contribution is -2.45. The minimum Gasteiger partial charge on any atom is -0.352 e. The van der Waals surface area contributed by atoms with E-state index in [2.05, 4.69) is 27.1 Å². The molecule has 1 fully saturated rings. The summed E-state index contributed by atoms with van der Waals surface area (Å²) in [5.74, 6) is 0.359. The van der Waals surface area contributed by atoms with Gasteiger partial charge in [0.25, 0.3) is 5.91 Å². The van der Waals surface area contributed by atoms with Gasteiger partial charge in [0.05, 0.1) is 11.0 Å². The van der Waals surface area contributed by atoms with Crippen molar-refractivity contribution in [3.8, 4) is 0 Å². The van der Waals surface area contributed by atoms with Crippen LogP contribution < -0.4 is 10.2 Å². The zero-order chi connectivity index (χ0) is 18.8. The Kier molecular flexibility index (Phi) is 4.92. The largest absolute Gasteiger partial charge is 0.352 e. The molecule has 7 heteroatoms. The van der Waals surface area contributed by atoms with E-state index in [1.54, 1.807) is 24.3 Å². The van der Waals surface area contributed by atoms with Crippen molar-refractivity contribution < 1.29 is 4.79 Å². The van der Waals surface area contributed by atoms with Gasteiger partial charge in [0.2, 0.25) is 0 Å². The molecule has 4 rings (SSSR count). The lowest BCUT2D eigenvalue weighted by atomic mass is 10.2. The number of nitrogens with one attached hydrogen (secondary N) is 1. The van der Waals surface area contributed by atoms with Gasteiger partial charge < -0.3 is 15.1 Å². The monoisotopic (exact) mass is 381 g/mol. The van der Waals surface area contributed by atoms with E-state index in [0.717, 1.165) is 31.7 Å². The quantitative estimate of drug-likeness (QED) is 0.754. The van der Waals surface area contributed by atoms with Gasteiger partial charge in [-0.2, -0.15) is 0 Å². The van der Waals surface area contributed by atoms with Crippen LogP contribution in [0.1, 0.15) is 10.5 Å². The first kappa shape index (κ1) is 17.7. The first-order valence-electron chi connectivity index (χ1n) is 8.87. The molecule has 1 aliphatic heterocycles. The number of hydrogen-bond donors (Lipinski definition) is 1. The van der Waals surface area contributed by atoms with Crippen LogP contribution in [0, 0.1) is 0 Å². The Hall–Kier alpha value is -2.70. The Morgan fingerprint density at radius 1 is 0.963 bits per heavy atom. The molecule has 0 unspecified atom stereocenters. The molecule has 27 heavy (non-hydrogen) atoms. The smallest absolute Gasteiger partial charge is 0.278 e. The number of para-hydroxylation sites is 2. The van der Waals surface area contributed by atoms with Crippen LogP contribution in [0.4, 0.5) is 11.5 Å². The van der Waals surface area contributed by atoms with Gasteiger partial charge in [-0.3, -0.25) is 4.79 Å². The van der Waals surface area contributed by atoms with Gasteiger partial charge in [0.15, 0.2) is 11.5 Å². The highest BCUT2D eigenvalue weighted by Gasteiger charge is 2.24. The Bertz CT molecular complexity index is 968. The summed E-state index contributed by atoms with van der Waals surface area (Å²) in [6.45, 7) is 3.47. The van der Waals surface area contributed by atoms with Gasteiger partial charge in [-0.25, -0.2) is 9.97 Å². The molecule has 2 aromatic carbocycles. The number of fused-ring (bicyclic) bond motifs is 1. The molecule has 138 valence electrons. The maximum Gasteiger partial charge on any atom is 0.278 e. The number of carbonyl (C=O) groups is 1. The lowest BCUT2D eigenvalue weighted by Gasteiger charge is -2.33. The Balaban J connectivity index is 1.71. The number of likely N-dealkylation sites (N-methyl/N-ethyl adjacent to an activating group) is 1. The number of hydrogen-bond acceptors (Lipinski definition) is 5. The van der Waals surface area contributed by atoms with Crippen molar-refractivity contribution in [2.75, 3.05) is 43.4 Å². The van der Waals surface area contributed by atoms with Gasteiger partial charge >= 0.3 is 0 Å². The summed E-state index contributed by atoms with van der Waals surface area (Å²) in [4.78, 5) is 26.8. The zero-order valence-corrected chi connectivity index (χ0v) is 15.8. The van der Waals surface area contributed by atoms with E-state index >= 15 is 0 Å². The standard InChI is InChI=1S/C20H20ClN5O/c1-25-10-12-26(13-11-25)19-18(23-16-4-2-3-5-17(16)24-19)20(27)22-15-8-6-14(21)7-9-15/h2-9H,10-13H2,1H3,(H,22,27). The molecule has 2 heterocycles. The normalized spacial score (nSPS) is 15.1. The summed E-state index contributed by atoms with van der Waals surface area (Å²) in [6.07, 6.45) is 0. The van der Waals surface area contributed by atoms with Crippen molar-refractivity contribution in [1.29, 1.82) is 0 Å². The van der Waals surface area contributed by atoms with E-state index in [1.807, 2.05) is 24.3 Å².